The van der Waals surface area contributed by atoms with Crippen LogP contribution >= 0.6 is 0 Å². The third-order valence-corrected chi connectivity index (χ3v) is 2.61. The smallest absolute Gasteiger partial charge is 0.416 e. The number of halogens is 3. The van der Waals surface area contributed by atoms with Crippen molar-refractivity contribution in [2.24, 2.45) is 0 Å². The normalized spacial score (nSPS) is 12.0. The summed E-state index contributed by atoms with van der Waals surface area (Å²) in [5, 5.41) is 0. The highest BCUT2D eigenvalue weighted by molar-refractivity contribution is 5.67. The van der Waals surface area contributed by atoms with Gasteiger partial charge in [0.25, 0.3) is 0 Å². The fourth-order valence-corrected chi connectivity index (χ4v) is 1.67. The first-order chi connectivity index (χ1) is 9.34. The van der Waals surface area contributed by atoms with Gasteiger partial charge < -0.3 is 4.42 Å². The lowest BCUT2D eigenvalue weighted by molar-refractivity contribution is -0.137. The van der Waals surface area contributed by atoms with Gasteiger partial charge in [0.1, 0.15) is 5.76 Å². The zero-order valence-electron chi connectivity index (χ0n) is 10.6. The molecule has 2 rings (SSSR count). The first-order valence-electron chi connectivity index (χ1n) is 5.82. The van der Waals surface area contributed by atoms with Crippen molar-refractivity contribution in [2.45, 2.75) is 13.1 Å². The van der Waals surface area contributed by atoms with Crippen LogP contribution in [0.3, 0.4) is 0 Å². The van der Waals surface area contributed by atoms with Crippen LogP contribution in [0.25, 0.3) is 12.2 Å². The van der Waals surface area contributed by atoms with E-state index >= 15 is 0 Å². The number of hydrogen-bond acceptors (Lipinski definition) is 2. The molecule has 5 heteroatoms. The topological polar surface area (TPSA) is 30.2 Å². The summed E-state index contributed by atoms with van der Waals surface area (Å²) in [5.74, 6) is 0.356. The van der Waals surface area contributed by atoms with E-state index in [1.807, 2.05) is 0 Å². The van der Waals surface area contributed by atoms with Crippen LogP contribution < -0.4 is 5.63 Å². The fraction of sp³-hybridized carbons (Fsp3) is 0.133. The second-order valence-corrected chi connectivity index (χ2v) is 4.31. The molecule has 0 amide bonds. The minimum Gasteiger partial charge on any atom is -0.423 e. The maximum atomic E-state index is 12.4. The van der Waals surface area contributed by atoms with Gasteiger partial charge in [0.2, 0.25) is 0 Å². The molecule has 0 bridgehead atoms. The van der Waals surface area contributed by atoms with Crippen LogP contribution in [-0.2, 0) is 6.18 Å². The molecule has 0 atom stereocenters. The molecule has 0 saturated carbocycles. The summed E-state index contributed by atoms with van der Waals surface area (Å²) in [5.41, 5.74) is 0.185. The van der Waals surface area contributed by atoms with Gasteiger partial charge >= 0.3 is 11.8 Å². The molecule has 0 aliphatic heterocycles. The lowest BCUT2D eigenvalue weighted by Gasteiger charge is -2.05. The average Bonchev–Trinajstić information content (AvgIpc) is 2.35. The van der Waals surface area contributed by atoms with Crippen LogP contribution in [0.1, 0.15) is 22.5 Å². The summed E-state index contributed by atoms with van der Waals surface area (Å²) in [6.07, 6.45) is -1.22. The summed E-state index contributed by atoms with van der Waals surface area (Å²) in [4.78, 5) is 11.2. The van der Waals surface area contributed by atoms with Crippen LogP contribution in [-0.4, -0.2) is 0 Å². The summed E-state index contributed by atoms with van der Waals surface area (Å²) in [6.45, 7) is 1.76. The molecule has 0 aliphatic rings. The molecule has 1 aromatic carbocycles. The van der Waals surface area contributed by atoms with Crippen molar-refractivity contribution >= 4 is 12.2 Å². The molecule has 2 aromatic rings. The highest BCUT2D eigenvalue weighted by atomic mass is 19.4. The van der Waals surface area contributed by atoms with Gasteiger partial charge in [-0.1, -0.05) is 18.2 Å². The van der Waals surface area contributed by atoms with E-state index in [1.54, 1.807) is 19.1 Å². The summed E-state index contributed by atoms with van der Waals surface area (Å²) < 4.78 is 42.1. The highest BCUT2D eigenvalue weighted by Gasteiger charge is 2.29. The number of rotatable bonds is 2. The van der Waals surface area contributed by atoms with Crippen LogP contribution in [0, 0.1) is 6.92 Å². The first-order valence-corrected chi connectivity index (χ1v) is 5.82. The van der Waals surface area contributed by atoms with Crippen molar-refractivity contribution in [3.63, 3.8) is 0 Å². The van der Waals surface area contributed by atoms with E-state index in [9.17, 15) is 18.0 Å². The Kier molecular flexibility index (Phi) is 3.79. The number of hydrogen-bond donors (Lipinski definition) is 0. The minimum atomic E-state index is -4.34. The molecule has 0 unspecified atom stereocenters. The van der Waals surface area contributed by atoms with E-state index in [4.69, 9.17) is 4.42 Å². The second kappa shape index (κ2) is 5.36. The Balaban J connectivity index is 2.21. The molecule has 0 spiro atoms. The molecule has 1 aromatic heterocycles. The maximum absolute atomic E-state index is 12.4. The first kappa shape index (κ1) is 14.1. The Morgan fingerprint density at radius 1 is 1.05 bits per heavy atom. The SMILES string of the molecule is Cc1cc(C=Cc2ccc(C(F)(F)F)cc2)oc(=O)c1. The number of aryl methyl sites for hydroxylation is 1. The molecular weight excluding hydrogens is 269 g/mol. The van der Waals surface area contributed by atoms with Gasteiger partial charge in [-0.3, -0.25) is 0 Å². The fourth-order valence-electron chi connectivity index (χ4n) is 1.67. The lowest BCUT2D eigenvalue weighted by atomic mass is 10.1. The summed E-state index contributed by atoms with van der Waals surface area (Å²) in [7, 11) is 0. The van der Waals surface area contributed by atoms with E-state index in [1.165, 1.54) is 24.3 Å². The Labute approximate surface area is 113 Å². The summed E-state index contributed by atoms with van der Waals surface area (Å²) >= 11 is 0. The monoisotopic (exact) mass is 280 g/mol. The largest absolute Gasteiger partial charge is 0.423 e. The quantitative estimate of drug-likeness (QED) is 0.827. The van der Waals surface area contributed by atoms with Gasteiger partial charge in [0.05, 0.1) is 5.56 Å². The molecule has 0 saturated heterocycles. The predicted octanol–water partition coefficient (Wildman–Crippen LogP) is 4.14. The van der Waals surface area contributed by atoms with E-state index < -0.39 is 17.4 Å². The van der Waals surface area contributed by atoms with Gasteiger partial charge in [-0.2, -0.15) is 13.2 Å². The summed E-state index contributed by atoms with van der Waals surface area (Å²) in [6, 6.07) is 7.75. The van der Waals surface area contributed by atoms with Crippen molar-refractivity contribution in [3.8, 4) is 0 Å². The van der Waals surface area contributed by atoms with Crippen LogP contribution in [0.4, 0.5) is 13.2 Å². The Hall–Kier alpha value is -2.30. The third kappa shape index (κ3) is 3.60. The molecule has 104 valence electrons. The van der Waals surface area contributed by atoms with Crippen LogP contribution in [0.15, 0.2) is 45.6 Å². The van der Waals surface area contributed by atoms with Gasteiger partial charge in [-0.25, -0.2) is 4.79 Å². The molecule has 20 heavy (non-hydrogen) atoms. The van der Waals surface area contributed by atoms with Gasteiger partial charge in [0, 0.05) is 6.07 Å². The predicted molar refractivity (Wildman–Crippen MR) is 70.1 cm³/mol. The molecule has 0 N–H and O–H groups in total. The van der Waals surface area contributed by atoms with Crippen molar-refractivity contribution in [1.29, 1.82) is 0 Å². The zero-order valence-corrected chi connectivity index (χ0v) is 10.6. The Morgan fingerprint density at radius 3 is 2.25 bits per heavy atom. The van der Waals surface area contributed by atoms with Gasteiger partial charge in [0.15, 0.2) is 0 Å². The van der Waals surface area contributed by atoms with E-state index in [0.29, 0.717) is 11.3 Å². The molecule has 0 aliphatic carbocycles. The van der Waals surface area contributed by atoms with Crippen molar-refractivity contribution in [3.05, 3.63) is 69.3 Å². The van der Waals surface area contributed by atoms with Gasteiger partial charge in [-0.15, -0.1) is 0 Å². The number of alkyl halides is 3. The molecule has 0 radical (unpaired) electrons. The maximum Gasteiger partial charge on any atom is 0.416 e. The van der Waals surface area contributed by atoms with E-state index in [2.05, 4.69) is 0 Å². The zero-order chi connectivity index (χ0) is 14.8. The van der Waals surface area contributed by atoms with E-state index in [0.717, 1.165) is 17.7 Å². The standard InChI is InChI=1S/C15H11F3O2/c1-10-8-13(20-14(19)9-10)7-4-11-2-5-12(6-3-11)15(16,17)18/h2-9H,1H3. The minimum absolute atomic E-state index is 0.356. The lowest BCUT2D eigenvalue weighted by Crippen LogP contribution is -2.03. The van der Waals surface area contributed by atoms with Crippen LogP contribution in [0.2, 0.25) is 0 Å². The average molecular weight is 280 g/mol. The van der Waals surface area contributed by atoms with Crippen molar-refractivity contribution in [1.82, 2.24) is 0 Å². The highest BCUT2D eigenvalue weighted by Crippen LogP contribution is 2.29. The molecule has 1 heterocycles. The second-order valence-electron chi connectivity index (χ2n) is 4.31. The van der Waals surface area contributed by atoms with E-state index in [-0.39, 0.29) is 0 Å². The van der Waals surface area contributed by atoms with Crippen molar-refractivity contribution < 1.29 is 17.6 Å². The van der Waals surface area contributed by atoms with Gasteiger partial charge in [-0.05, 0) is 42.3 Å². The Bertz CT molecular complexity index is 680. The van der Waals surface area contributed by atoms with Crippen LogP contribution in [0.5, 0.6) is 0 Å². The molecular formula is C15H11F3O2. The molecule has 0 fully saturated rings. The third-order valence-electron chi connectivity index (χ3n) is 2.61. The number of benzene rings is 1. The van der Waals surface area contributed by atoms with Crippen molar-refractivity contribution in [2.75, 3.05) is 0 Å². The molecule has 2 nitrogen and oxygen atoms in total. The Morgan fingerprint density at radius 2 is 1.70 bits per heavy atom.